The van der Waals surface area contributed by atoms with E-state index >= 15 is 0 Å². The van der Waals surface area contributed by atoms with Crippen molar-refractivity contribution < 1.29 is 4.79 Å². The Morgan fingerprint density at radius 3 is 3.17 bits per heavy atom. The predicted octanol–water partition coefficient (Wildman–Crippen LogP) is 2.65. The van der Waals surface area contributed by atoms with Crippen molar-refractivity contribution in [1.82, 2.24) is 25.1 Å². The molecule has 1 atom stereocenters. The number of nitrogens with one attached hydrogen (secondary N) is 1. The molecule has 3 aromatic rings. The number of hydrogen-bond acceptors (Lipinski definition) is 6. The number of fused-ring (bicyclic) bond motifs is 1. The van der Waals surface area contributed by atoms with Crippen LogP contribution < -0.4 is 0 Å². The molecule has 6 nitrogen and oxygen atoms in total. The molecule has 4 heterocycles. The first kappa shape index (κ1) is 14.6. The number of aromatic nitrogens is 4. The molecule has 1 aliphatic rings. The monoisotopic (exact) mass is 345 g/mol. The molecule has 118 valence electrons. The van der Waals surface area contributed by atoms with Crippen LogP contribution in [0.1, 0.15) is 27.1 Å². The van der Waals surface area contributed by atoms with Crippen molar-refractivity contribution in [2.24, 2.45) is 0 Å². The predicted molar refractivity (Wildman–Crippen MR) is 91.8 cm³/mol. The molecule has 0 bridgehead atoms. The normalized spacial score (nSPS) is 18.5. The summed E-state index contributed by atoms with van der Waals surface area (Å²) in [4.78, 5) is 23.6. The van der Waals surface area contributed by atoms with E-state index in [0.29, 0.717) is 11.2 Å². The summed E-state index contributed by atoms with van der Waals surface area (Å²) >= 11 is 3.47. The topological polar surface area (TPSA) is 74.8 Å². The molecule has 0 saturated carbocycles. The molecule has 1 aliphatic heterocycles. The van der Waals surface area contributed by atoms with E-state index in [2.05, 4.69) is 20.2 Å². The van der Waals surface area contributed by atoms with Crippen LogP contribution in [0.3, 0.4) is 0 Å². The van der Waals surface area contributed by atoms with Gasteiger partial charge in [-0.2, -0.15) is 16.9 Å². The first-order valence-corrected chi connectivity index (χ1v) is 9.36. The van der Waals surface area contributed by atoms with Crippen molar-refractivity contribution in [2.75, 3.05) is 18.1 Å². The lowest BCUT2D eigenvalue weighted by atomic mass is 10.1. The minimum atomic E-state index is 0.0144. The number of carbonyl (C=O) groups excluding carboxylic acids is 1. The first-order valence-electron chi connectivity index (χ1n) is 7.33. The van der Waals surface area contributed by atoms with Gasteiger partial charge < -0.3 is 4.90 Å². The van der Waals surface area contributed by atoms with Crippen LogP contribution in [0, 0.1) is 6.92 Å². The summed E-state index contributed by atoms with van der Waals surface area (Å²) in [5.41, 5.74) is 2.17. The maximum atomic E-state index is 13.0. The van der Waals surface area contributed by atoms with Gasteiger partial charge in [0, 0.05) is 46.9 Å². The van der Waals surface area contributed by atoms with Crippen LogP contribution in [-0.2, 0) is 0 Å². The van der Waals surface area contributed by atoms with Gasteiger partial charge in [-0.05, 0) is 13.0 Å². The lowest BCUT2D eigenvalue weighted by molar-refractivity contribution is 0.0701. The van der Waals surface area contributed by atoms with Crippen LogP contribution in [-0.4, -0.2) is 49.0 Å². The van der Waals surface area contributed by atoms with E-state index in [4.69, 9.17) is 0 Å². The Morgan fingerprint density at radius 1 is 1.43 bits per heavy atom. The maximum Gasteiger partial charge on any atom is 0.256 e. The molecule has 1 amide bonds. The summed E-state index contributed by atoms with van der Waals surface area (Å²) in [6.45, 7) is 2.66. The number of pyridine rings is 1. The first-order chi connectivity index (χ1) is 11.2. The zero-order chi connectivity index (χ0) is 15.8. The third-order valence-corrected chi connectivity index (χ3v) is 5.87. The molecule has 0 aromatic carbocycles. The van der Waals surface area contributed by atoms with Gasteiger partial charge in [0.05, 0.1) is 11.6 Å². The molecular formula is C15H15N5OS2. The Labute approximate surface area is 141 Å². The summed E-state index contributed by atoms with van der Waals surface area (Å²) in [5.74, 6) is 1.86. The SMILES string of the molecule is Cc1[nH]nc2ncc(C(=O)N3CCSC[C@@H]3c3nccs3)cc12. The summed E-state index contributed by atoms with van der Waals surface area (Å²) in [6, 6.07) is 1.92. The minimum absolute atomic E-state index is 0.0144. The number of aryl methyl sites for hydroxylation is 1. The van der Waals surface area contributed by atoms with Crippen LogP contribution in [0.5, 0.6) is 0 Å². The molecule has 0 radical (unpaired) electrons. The van der Waals surface area contributed by atoms with Gasteiger partial charge in [-0.15, -0.1) is 11.3 Å². The van der Waals surface area contributed by atoms with Crippen molar-refractivity contribution in [1.29, 1.82) is 0 Å². The zero-order valence-electron chi connectivity index (χ0n) is 12.5. The molecule has 1 saturated heterocycles. The smallest absolute Gasteiger partial charge is 0.256 e. The number of thiazole rings is 1. The van der Waals surface area contributed by atoms with Crippen LogP contribution in [0.4, 0.5) is 0 Å². The number of hydrogen-bond donors (Lipinski definition) is 1. The Morgan fingerprint density at radius 2 is 2.35 bits per heavy atom. The summed E-state index contributed by atoms with van der Waals surface area (Å²) in [5, 5.41) is 10.9. The van der Waals surface area contributed by atoms with Gasteiger partial charge in [-0.1, -0.05) is 0 Å². The Hall–Kier alpha value is -1.93. The van der Waals surface area contributed by atoms with Gasteiger partial charge in [0.1, 0.15) is 5.01 Å². The van der Waals surface area contributed by atoms with Crippen molar-refractivity contribution in [3.05, 3.63) is 40.1 Å². The molecule has 1 fully saturated rings. The fraction of sp³-hybridized carbons (Fsp3) is 0.333. The molecule has 1 N–H and O–H groups in total. The Kier molecular flexibility index (Phi) is 3.78. The number of H-pyrrole nitrogens is 1. The van der Waals surface area contributed by atoms with Crippen LogP contribution in [0.2, 0.25) is 0 Å². The lowest BCUT2D eigenvalue weighted by Gasteiger charge is -2.34. The molecule has 8 heteroatoms. The van der Waals surface area contributed by atoms with Crippen molar-refractivity contribution in [3.8, 4) is 0 Å². The highest BCUT2D eigenvalue weighted by molar-refractivity contribution is 7.99. The number of nitrogens with zero attached hydrogens (tertiary/aromatic N) is 4. The van der Waals surface area contributed by atoms with Gasteiger partial charge in [0.25, 0.3) is 5.91 Å². The van der Waals surface area contributed by atoms with Crippen molar-refractivity contribution in [2.45, 2.75) is 13.0 Å². The van der Waals surface area contributed by atoms with Crippen LogP contribution >= 0.6 is 23.1 Å². The van der Waals surface area contributed by atoms with Gasteiger partial charge in [-0.25, -0.2) is 9.97 Å². The third-order valence-electron chi connectivity index (χ3n) is 3.97. The zero-order valence-corrected chi connectivity index (χ0v) is 14.2. The highest BCUT2D eigenvalue weighted by Crippen LogP contribution is 2.32. The summed E-state index contributed by atoms with van der Waals surface area (Å²) in [7, 11) is 0. The van der Waals surface area contributed by atoms with Crippen LogP contribution in [0.15, 0.2) is 23.8 Å². The van der Waals surface area contributed by atoms with E-state index in [1.165, 1.54) is 0 Å². The Bertz CT molecular complexity index is 845. The van der Waals surface area contributed by atoms with E-state index in [1.54, 1.807) is 23.7 Å². The second kappa shape index (κ2) is 5.93. The molecule has 3 aromatic heterocycles. The molecule has 23 heavy (non-hydrogen) atoms. The molecule has 0 spiro atoms. The highest BCUT2D eigenvalue weighted by atomic mass is 32.2. The van der Waals surface area contributed by atoms with Gasteiger partial charge in [-0.3, -0.25) is 9.89 Å². The molecule has 0 unspecified atom stereocenters. The summed E-state index contributed by atoms with van der Waals surface area (Å²) in [6.07, 6.45) is 3.41. The van der Waals surface area contributed by atoms with Crippen molar-refractivity contribution >= 4 is 40.0 Å². The van der Waals surface area contributed by atoms with Crippen LogP contribution in [0.25, 0.3) is 11.0 Å². The highest BCUT2D eigenvalue weighted by Gasteiger charge is 2.31. The van der Waals surface area contributed by atoms with E-state index in [-0.39, 0.29) is 11.9 Å². The summed E-state index contributed by atoms with van der Waals surface area (Å²) < 4.78 is 0. The van der Waals surface area contributed by atoms with E-state index < -0.39 is 0 Å². The molecular weight excluding hydrogens is 330 g/mol. The average Bonchev–Trinajstić information content (AvgIpc) is 3.24. The lowest BCUT2D eigenvalue weighted by Crippen LogP contribution is -2.40. The maximum absolute atomic E-state index is 13.0. The fourth-order valence-electron chi connectivity index (χ4n) is 2.75. The number of thioether (sulfide) groups is 1. The fourth-order valence-corrected chi connectivity index (χ4v) is 4.66. The number of aromatic amines is 1. The second-order valence-electron chi connectivity index (χ2n) is 5.40. The molecule has 4 rings (SSSR count). The van der Waals surface area contributed by atoms with Gasteiger partial charge in [0.2, 0.25) is 0 Å². The third kappa shape index (κ3) is 2.61. The number of rotatable bonds is 2. The Balaban J connectivity index is 1.69. The van der Waals surface area contributed by atoms with E-state index in [0.717, 1.165) is 34.1 Å². The second-order valence-corrected chi connectivity index (χ2v) is 7.48. The standard InChI is InChI=1S/C15H15N5OS2/c1-9-11-6-10(7-17-13(11)19-18-9)15(21)20-3-5-22-8-12(20)14-16-2-4-23-14/h2,4,6-7,12H,3,5,8H2,1H3,(H,17,18,19)/t12-/m1/s1. The number of carbonyl (C=O) groups is 1. The quantitative estimate of drug-likeness (QED) is 0.773. The van der Waals surface area contributed by atoms with Gasteiger partial charge >= 0.3 is 0 Å². The van der Waals surface area contributed by atoms with E-state index in [1.807, 2.05) is 35.0 Å². The molecule has 0 aliphatic carbocycles. The minimum Gasteiger partial charge on any atom is -0.327 e. The average molecular weight is 345 g/mol. The van der Waals surface area contributed by atoms with E-state index in [9.17, 15) is 4.79 Å². The number of amides is 1. The largest absolute Gasteiger partial charge is 0.327 e. The van der Waals surface area contributed by atoms with Crippen molar-refractivity contribution in [3.63, 3.8) is 0 Å². The van der Waals surface area contributed by atoms with Gasteiger partial charge in [0.15, 0.2) is 5.65 Å².